The zero-order valence-corrected chi connectivity index (χ0v) is 16.7. The number of aryl methyl sites for hydroxylation is 3. The summed E-state index contributed by atoms with van der Waals surface area (Å²) < 4.78 is 28.2. The minimum Gasteiger partial charge on any atom is -0.207 e. The maximum absolute atomic E-state index is 13.4. The van der Waals surface area contributed by atoms with Crippen LogP contribution in [0.4, 0.5) is 0 Å². The van der Waals surface area contributed by atoms with Crippen LogP contribution in [0, 0.1) is 32.6 Å². The summed E-state index contributed by atoms with van der Waals surface area (Å²) in [6.07, 6.45) is 0. The van der Waals surface area contributed by atoms with Crippen molar-refractivity contribution < 1.29 is 8.42 Å². The third-order valence-corrected chi connectivity index (χ3v) is 6.28. The topological polar surface area (TPSA) is 37.4 Å². The van der Waals surface area contributed by atoms with Crippen molar-refractivity contribution in [2.75, 3.05) is 13.1 Å². The predicted molar refractivity (Wildman–Crippen MR) is 108 cm³/mol. The van der Waals surface area contributed by atoms with Gasteiger partial charge in [-0.1, -0.05) is 60.5 Å². The molecule has 26 heavy (non-hydrogen) atoms. The molecular formula is C22H25NO2S. The molecule has 0 saturated heterocycles. The zero-order chi connectivity index (χ0) is 19.3. The van der Waals surface area contributed by atoms with Crippen molar-refractivity contribution in [2.45, 2.75) is 32.6 Å². The molecule has 0 saturated carbocycles. The summed E-state index contributed by atoms with van der Waals surface area (Å²) in [5.74, 6) is 5.67. The molecular weight excluding hydrogens is 342 g/mol. The van der Waals surface area contributed by atoms with E-state index in [0.29, 0.717) is 4.90 Å². The summed E-state index contributed by atoms with van der Waals surface area (Å²) in [6, 6.07) is 13.4. The Balaban J connectivity index is 2.45. The molecule has 136 valence electrons. The normalized spacial score (nSPS) is 11.1. The van der Waals surface area contributed by atoms with Crippen LogP contribution in [0.15, 0.2) is 53.9 Å². The van der Waals surface area contributed by atoms with E-state index < -0.39 is 10.0 Å². The SMILES string of the molecule is C=C(CN(CC#CC)S(=O)(=O)c1c(C)cc(C)cc1C)c1ccccc1. The number of nitrogens with zero attached hydrogens (tertiary/aromatic N) is 1. The second kappa shape index (κ2) is 8.35. The van der Waals surface area contributed by atoms with E-state index in [0.717, 1.165) is 27.8 Å². The average molecular weight is 368 g/mol. The molecule has 0 heterocycles. The Bertz CT molecular complexity index is 941. The fourth-order valence-electron chi connectivity index (χ4n) is 3.07. The highest BCUT2D eigenvalue weighted by Crippen LogP contribution is 2.26. The lowest BCUT2D eigenvalue weighted by molar-refractivity contribution is 0.481. The first-order chi connectivity index (χ1) is 12.3. The quantitative estimate of drug-likeness (QED) is 0.712. The Morgan fingerprint density at radius 1 is 1.08 bits per heavy atom. The molecule has 0 bridgehead atoms. The molecule has 0 aliphatic carbocycles. The number of rotatable bonds is 6. The molecule has 2 aromatic rings. The van der Waals surface area contributed by atoms with Gasteiger partial charge in [0.25, 0.3) is 0 Å². The van der Waals surface area contributed by atoms with Gasteiger partial charge in [0.15, 0.2) is 0 Å². The van der Waals surface area contributed by atoms with E-state index >= 15 is 0 Å². The van der Waals surface area contributed by atoms with E-state index in [-0.39, 0.29) is 13.1 Å². The maximum atomic E-state index is 13.4. The molecule has 4 heteroatoms. The Hall–Kier alpha value is -2.35. The van der Waals surface area contributed by atoms with Gasteiger partial charge in [0.2, 0.25) is 10.0 Å². The lowest BCUT2D eigenvalue weighted by Gasteiger charge is -2.23. The monoisotopic (exact) mass is 367 g/mol. The smallest absolute Gasteiger partial charge is 0.207 e. The van der Waals surface area contributed by atoms with Crippen molar-refractivity contribution in [3.63, 3.8) is 0 Å². The second-order valence-corrected chi connectivity index (χ2v) is 8.27. The minimum absolute atomic E-state index is 0.136. The van der Waals surface area contributed by atoms with Gasteiger partial charge in [-0.25, -0.2) is 8.42 Å². The largest absolute Gasteiger partial charge is 0.244 e. The van der Waals surface area contributed by atoms with Crippen molar-refractivity contribution in [3.8, 4) is 11.8 Å². The van der Waals surface area contributed by atoms with Crippen LogP contribution < -0.4 is 0 Å². The third-order valence-electron chi connectivity index (χ3n) is 4.18. The summed E-state index contributed by atoms with van der Waals surface area (Å²) in [5.41, 5.74) is 4.22. The van der Waals surface area contributed by atoms with Crippen LogP contribution in [0.5, 0.6) is 0 Å². The van der Waals surface area contributed by atoms with Gasteiger partial charge in [-0.05, 0) is 50.0 Å². The van der Waals surface area contributed by atoms with Crippen molar-refractivity contribution in [1.29, 1.82) is 0 Å². The van der Waals surface area contributed by atoms with E-state index in [1.54, 1.807) is 6.92 Å². The molecule has 0 aliphatic rings. The number of sulfonamides is 1. The molecule has 2 rings (SSSR count). The lowest BCUT2D eigenvalue weighted by atomic mass is 10.1. The highest BCUT2D eigenvalue weighted by Gasteiger charge is 2.28. The summed E-state index contributed by atoms with van der Waals surface area (Å²) in [5, 5.41) is 0. The summed E-state index contributed by atoms with van der Waals surface area (Å²) >= 11 is 0. The number of benzene rings is 2. The molecule has 0 amide bonds. The Morgan fingerprint density at radius 3 is 2.19 bits per heavy atom. The molecule has 2 aromatic carbocycles. The highest BCUT2D eigenvalue weighted by atomic mass is 32.2. The van der Waals surface area contributed by atoms with Gasteiger partial charge in [-0.2, -0.15) is 4.31 Å². The standard InChI is InChI=1S/C22H25NO2S/c1-6-7-13-23(16-20(5)21-11-9-8-10-12-21)26(24,25)22-18(3)14-17(2)15-19(22)4/h8-12,14-15H,5,13,16H2,1-4H3. The van der Waals surface area contributed by atoms with E-state index in [1.807, 2.05) is 63.2 Å². The number of hydrogen-bond donors (Lipinski definition) is 0. The van der Waals surface area contributed by atoms with E-state index in [1.165, 1.54) is 4.31 Å². The van der Waals surface area contributed by atoms with Crippen molar-refractivity contribution >= 4 is 15.6 Å². The minimum atomic E-state index is -3.68. The van der Waals surface area contributed by atoms with Gasteiger partial charge >= 0.3 is 0 Å². The summed E-state index contributed by atoms with van der Waals surface area (Å²) in [7, 11) is -3.68. The van der Waals surface area contributed by atoms with Crippen molar-refractivity contribution in [2.24, 2.45) is 0 Å². The first kappa shape index (κ1) is 20.0. The molecule has 0 radical (unpaired) electrons. The molecule has 0 aliphatic heterocycles. The van der Waals surface area contributed by atoms with Crippen molar-refractivity contribution in [3.05, 3.63) is 71.3 Å². The maximum Gasteiger partial charge on any atom is 0.244 e. The molecule has 3 nitrogen and oxygen atoms in total. The van der Waals surface area contributed by atoms with Crippen LogP contribution in [0.25, 0.3) is 5.57 Å². The molecule has 0 unspecified atom stereocenters. The van der Waals surface area contributed by atoms with Crippen LogP contribution in [0.2, 0.25) is 0 Å². The van der Waals surface area contributed by atoms with Crippen LogP contribution in [0.1, 0.15) is 29.2 Å². The predicted octanol–water partition coefficient (Wildman–Crippen LogP) is 4.34. The van der Waals surface area contributed by atoms with Crippen LogP contribution in [-0.2, 0) is 10.0 Å². The highest BCUT2D eigenvalue weighted by molar-refractivity contribution is 7.89. The fraction of sp³-hybridized carbons (Fsp3) is 0.273. The molecule has 0 fully saturated rings. The Kier molecular flexibility index (Phi) is 6.42. The lowest BCUT2D eigenvalue weighted by Crippen LogP contribution is -2.34. The Morgan fingerprint density at radius 2 is 1.65 bits per heavy atom. The zero-order valence-electron chi connectivity index (χ0n) is 15.8. The molecule has 0 atom stereocenters. The summed E-state index contributed by atoms with van der Waals surface area (Å²) in [4.78, 5) is 0.363. The van der Waals surface area contributed by atoms with Crippen molar-refractivity contribution in [1.82, 2.24) is 4.31 Å². The first-order valence-electron chi connectivity index (χ1n) is 8.48. The van der Waals surface area contributed by atoms with Gasteiger partial charge in [0.1, 0.15) is 0 Å². The van der Waals surface area contributed by atoms with Gasteiger partial charge in [-0.15, -0.1) is 5.92 Å². The second-order valence-electron chi connectivity index (χ2n) is 6.40. The van der Waals surface area contributed by atoms with E-state index in [2.05, 4.69) is 18.4 Å². The fourth-order valence-corrected chi connectivity index (χ4v) is 4.82. The number of hydrogen-bond acceptors (Lipinski definition) is 2. The van der Waals surface area contributed by atoms with Gasteiger partial charge < -0.3 is 0 Å². The van der Waals surface area contributed by atoms with Gasteiger partial charge in [0, 0.05) is 6.54 Å². The average Bonchev–Trinajstić information content (AvgIpc) is 2.57. The van der Waals surface area contributed by atoms with Crippen LogP contribution in [0.3, 0.4) is 0 Å². The van der Waals surface area contributed by atoms with Gasteiger partial charge in [0.05, 0.1) is 11.4 Å². The first-order valence-corrected chi connectivity index (χ1v) is 9.92. The molecule has 0 aromatic heterocycles. The Labute approximate surface area is 157 Å². The van der Waals surface area contributed by atoms with E-state index in [9.17, 15) is 8.42 Å². The van der Waals surface area contributed by atoms with Crippen LogP contribution in [-0.4, -0.2) is 25.8 Å². The molecule has 0 spiro atoms. The van der Waals surface area contributed by atoms with Crippen LogP contribution >= 0.6 is 0 Å². The van der Waals surface area contributed by atoms with Gasteiger partial charge in [-0.3, -0.25) is 0 Å². The third kappa shape index (κ3) is 4.43. The van der Waals surface area contributed by atoms with E-state index in [4.69, 9.17) is 0 Å². The summed E-state index contributed by atoms with van der Waals surface area (Å²) in [6.45, 7) is 11.8. The molecule has 0 N–H and O–H groups in total.